The third kappa shape index (κ3) is 3.85. The lowest BCUT2D eigenvalue weighted by Crippen LogP contribution is -2.21. The summed E-state index contributed by atoms with van der Waals surface area (Å²) in [5.74, 6) is 0.0364. The first kappa shape index (κ1) is 16.0. The molecule has 0 bridgehead atoms. The highest BCUT2D eigenvalue weighted by Gasteiger charge is 2.05. The maximum absolute atomic E-state index is 12.2. The minimum absolute atomic E-state index is 0.0364. The summed E-state index contributed by atoms with van der Waals surface area (Å²) in [7, 11) is 0. The molecule has 114 valence electrons. The molecule has 0 saturated heterocycles. The highest BCUT2D eigenvalue weighted by atomic mass is 16.1. The van der Waals surface area contributed by atoms with Crippen molar-refractivity contribution >= 4 is 17.5 Å². The highest BCUT2D eigenvalue weighted by Crippen LogP contribution is 2.16. The molecular weight excluding hydrogens is 270 g/mol. The monoisotopic (exact) mass is 293 g/mol. The SMILES string of the molecule is CCN(CC)c1ccc(C(=O)C=Cc2ccccc2C)cc1. The van der Waals surface area contributed by atoms with Crippen molar-refractivity contribution < 1.29 is 4.79 Å². The number of allylic oxidation sites excluding steroid dienone is 1. The molecule has 2 aromatic rings. The average molecular weight is 293 g/mol. The zero-order valence-corrected chi connectivity index (χ0v) is 13.5. The Hall–Kier alpha value is -2.35. The Morgan fingerprint density at radius 3 is 2.23 bits per heavy atom. The van der Waals surface area contributed by atoms with Crippen molar-refractivity contribution in [3.05, 3.63) is 71.3 Å². The molecule has 2 nitrogen and oxygen atoms in total. The molecule has 0 fully saturated rings. The zero-order chi connectivity index (χ0) is 15.9. The van der Waals surface area contributed by atoms with Gasteiger partial charge in [0, 0.05) is 24.3 Å². The van der Waals surface area contributed by atoms with Crippen LogP contribution in [-0.4, -0.2) is 18.9 Å². The Morgan fingerprint density at radius 1 is 1.00 bits per heavy atom. The molecule has 0 radical (unpaired) electrons. The minimum Gasteiger partial charge on any atom is -0.372 e. The average Bonchev–Trinajstić information content (AvgIpc) is 2.55. The number of anilines is 1. The van der Waals surface area contributed by atoms with E-state index in [-0.39, 0.29) is 5.78 Å². The minimum atomic E-state index is 0.0364. The van der Waals surface area contributed by atoms with E-state index < -0.39 is 0 Å². The lowest BCUT2D eigenvalue weighted by molar-refractivity contribution is 0.104. The van der Waals surface area contributed by atoms with Crippen molar-refractivity contribution in [1.29, 1.82) is 0 Å². The standard InChI is InChI=1S/C20H23NO/c1-4-21(5-2)19-13-10-18(11-14-19)20(22)15-12-17-9-7-6-8-16(17)3/h6-15H,4-5H2,1-3H3. The molecule has 2 rings (SSSR count). The third-order valence-corrected chi connectivity index (χ3v) is 3.88. The summed E-state index contributed by atoms with van der Waals surface area (Å²) in [6.07, 6.45) is 3.53. The predicted octanol–water partition coefficient (Wildman–Crippen LogP) is 4.74. The Bertz CT molecular complexity index is 652. The van der Waals surface area contributed by atoms with Gasteiger partial charge in [-0.25, -0.2) is 0 Å². The Morgan fingerprint density at radius 2 is 1.64 bits per heavy atom. The van der Waals surface area contributed by atoms with Crippen LogP contribution >= 0.6 is 0 Å². The summed E-state index contributed by atoms with van der Waals surface area (Å²) in [4.78, 5) is 14.5. The second-order valence-corrected chi connectivity index (χ2v) is 5.27. The summed E-state index contributed by atoms with van der Waals surface area (Å²) >= 11 is 0. The van der Waals surface area contributed by atoms with Crippen molar-refractivity contribution in [2.45, 2.75) is 20.8 Å². The fourth-order valence-electron chi connectivity index (χ4n) is 2.46. The van der Waals surface area contributed by atoms with E-state index in [1.54, 1.807) is 6.08 Å². The summed E-state index contributed by atoms with van der Waals surface area (Å²) in [6.45, 7) is 8.25. The first-order valence-electron chi connectivity index (χ1n) is 7.78. The molecule has 2 aromatic carbocycles. The van der Waals surface area contributed by atoms with Crippen LogP contribution in [0, 0.1) is 6.92 Å². The largest absolute Gasteiger partial charge is 0.372 e. The molecule has 0 aromatic heterocycles. The predicted molar refractivity (Wildman–Crippen MR) is 94.5 cm³/mol. The number of hydrogen-bond acceptors (Lipinski definition) is 2. The van der Waals surface area contributed by atoms with Gasteiger partial charge in [0.25, 0.3) is 0 Å². The fourth-order valence-corrected chi connectivity index (χ4v) is 2.46. The third-order valence-electron chi connectivity index (χ3n) is 3.88. The number of hydrogen-bond donors (Lipinski definition) is 0. The van der Waals surface area contributed by atoms with Crippen LogP contribution in [0.5, 0.6) is 0 Å². The number of nitrogens with zero attached hydrogens (tertiary/aromatic N) is 1. The van der Waals surface area contributed by atoms with Crippen LogP contribution in [0.25, 0.3) is 6.08 Å². The number of rotatable bonds is 6. The molecule has 0 spiro atoms. The Kier molecular flexibility index (Phi) is 5.54. The van der Waals surface area contributed by atoms with E-state index in [0.717, 1.165) is 29.9 Å². The van der Waals surface area contributed by atoms with Crippen LogP contribution in [0.15, 0.2) is 54.6 Å². The summed E-state index contributed by atoms with van der Waals surface area (Å²) in [6, 6.07) is 15.9. The molecule has 0 atom stereocenters. The van der Waals surface area contributed by atoms with Gasteiger partial charge in [0.2, 0.25) is 0 Å². The number of carbonyl (C=O) groups excluding carboxylic acids is 1. The van der Waals surface area contributed by atoms with Crippen molar-refractivity contribution in [3.8, 4) is 0 Å². The molecule has 0 saturated carbocycles. The Balaban J connectivity index is 2.12. The molecule has 0 N–H and O–H groups in total. The van der Waals surface area contributed by atoms with E-state index in [4.69, 9.17) is 0 Å². The zero-order valence-electron chi connectivity index (χ0n) is 13.5. The summed E-state index contributed by atoms with van der Waals surface area (Å²) in [5.41, 5.74) is 4.13. The summed E-state index contributed by atoms with van der Waals surface area (Å²) in [5, 5.41) is 0. The lowest BCUT2D eigenvalue weighted by Gasteiger charge is -2.20. The van der Waals surface area contributed by atoms with E-state index in [9.17, 15) is 4.79 Å². The van der Waals surface area contributed by atoms with E-state index in [1.807, 2.05) is 61.5 Å². The second kappa shape index (κ2) is 7.60. The van der Waals surface area contributed by atoms with Crippen LogP contribution in [0.4, 0.5) is 5.69 Å². The van der Waals surface area contributed by atoms with E-state index in [0.29, 0.717) is 0 Å². The van der Waals surface area contributed by atoms with Gasteiger partial charge in [-0.15, -0.1) is 0 Å². The molecule has 0 aliphatic heterocycles. The molecule has 0 aliphatic carbocycles. The van der Waals surface area contributed by atoms with Gasteiger partial charge >= 0.3 is 0 Å². The molecule has 22 heavy (non-hydrogen) atoms. The molecule has 0 unspecified atom stereocenters. The normalized spacial score (nSPS) is 10.9. The van der Waals surface area contributed by atoms with Crippen LogP contribution in [0.2, 0.25) is 0 Å². The first-order chi connectivity index (χ1) is 10.7. The maximum atomic E-state index is 12.2. The van der Waals surface area contributed by atoms with Crippen molar-refractivity contribution in [1.82, 2.24) is 0 Å². The molecular formula is C20H23NO. The van der Waals surface area contributed by atoms with Gasteiger partial charge in [-0.2, -0.15) is 0 Å². The van der Waals surface area contributed by atoms with Gasteiger partial charge < -0.3 is 4.90 Å². The van der Waals surface area contributed by atoms with Gasteiger partial charge in [-0.1, -0.05) is 30.3 Å². The number of aryl methyl sites for hydroxylation is 1. The van der Waals surface area contributed by atoms with E-state index in [1.165, 1.54) is 5.56 Å². The number of ketones is 1. The fraction of sp³-hybridized carbons (Fsp3) is 0.250. The van der Waals surface area contributed by atoms with Gasteiger partial charge in [0.15, 0.2) is 5.78 Å². The van der Waals surface area contributed by atoms with Gasteiger partial charge in [-0.3, -0.25) is 4.79 Å². The van der Waals surface area contributed by atoms with Crippen molar-refractivity contribution in [2.24, 2.45) is 0 Å². The molecule has 0 amide bonds. The summed E-state index contributed by atoms with van der Waals surface area (Å²) < 4.78 is 0. The first-order valence-corrected chi connectivity index (χ1v) is 7.78. The van der Waals surface area contributed by atoms with Crippen molar-refractivity contribution in [2.75, 3.05) is 18.0 Å². The van der Waals surface area contributed by atoms with E-state index >= 15 is 0 Å². The number of carbonyl (C=O) groups is 1. The van der Waals surface area contributed by atoms with Crippen LogP contribution in [0.1, 0.15) is 35.3 Å². The lowest BCUT2D eigenvalue weighted by atomic mass is 10.1. The highest BCUT2D eigenvalue weighted by molar-refractivity contribution is 6.07. The number of benzene rings is 2. The van der Waals surface area contributed by atoms with E-state index in [2.05, 4.69) is 18.7 Å². The molecule has 2 heteroatoms. The second-order valence-electron chi connectivity index (χ2n) is 5.27. The van der Waals surface area contributed by atoms with Gasteiger partial charge in [0.1, 0.15) is 0 Å². The van der Waals surface area contributed by atoms with Crippen LogP contribution in [-0.2, 0) is 0 Å². The quantitative estimate of drug-likeness (QED) is 0.566. The smallest absolute Gasteiger partial charge is 0.185 e. The van der Waals surface area contributed by atoms with Gasteiger partial charge in [0.05, 0.1) is 0 Å². The Labute approximate surface area is 133 Å². The van der Waals surface area contributed by atoms with Crippen LogP contribution in [0.3, 0.4) is 0 Å². The van der Waals surface area contributed by atoms with Crippen molar-refractivity contribution in [3.63, 3.8) is 0 Å². The van der Waals surface area contributed by atoms with Gasteiger partial charge in [-0.05, 0) is 62.2 Å². The topological polar surface area (TPSA) is 20.3 Å². The molecule has 0 heterocycles. The molecule has 0 aliphatic rings. The maximum Gasteiger partial charge on any atom is 0.185 e. The van der Waals surface area contributed by atoms with Crippen LogP contribution < -0.4 is 4.90 Å².